The van der Waals surface area contributed by atoms with Gasteiger partial charge in [-0.2, -0.15) is 0 Å². The molecule has 0 aromatic heterocycles. The molecule has 1 aliphatic rings. The first-order valence-corrected chi connectivity index (χ1v) is 6.49. The van der Waals surface area contributed by atoms with Crippen LogP contribution in [0, 0.1) is 0 Å². The van der Waals surface area contributed by atoms with Crippen LogP contribution in [-0.2, 0) is 4.79 Å². The minimum Gasteiger partial charge on any atom is -0.337 e. The van der Waals surface area contributed by atoms with Crippen molar-refractivity contribution in [1.82, 2.24) is 10.2 Å². The van der Waals surface area contributed by atoms with Gasteiger partial charge in [0.15, 0.2) is 0 Å². The molecule has 2 unspecified atom stereocenters. The number of halogens is 2. The number of benzene rings is 1. The van der Waals surface area contributed by atoms with Crippen LogP contribution in [0.1, 0.15) is 24.9 Å². The molecule has 0 radical (unpaired) electrons. The molecule has 2 rings (SSSR count). The fourth-order valence-corrected chi connectivity index (χ4v) is 2.34. The fourth-order valence-electron chi connectivity index (χ4n) is 2.34. The predicted molar refractivity (Wildman–Crippen MR) is 86.5 cm³/mol. The van der Waals surface area contributed by atoms with E-state index in [9.17, 15) is 4.79 Å². The van der Waals surface area contributed by atoms with Crippen LogP contribution in [0.3, 0.4) is 0 Å². The summed E-state index contributed by atoms with van der Waals surface area (Å²) >= 11 is 0. The highest BCUT2D eigenvalue weighted by Gasteiger charge is 2.24. The summed E-state index contributed by atoms with van der Waals surface area (Å²) in [5.41, 5.74) is 7.11. The van der Waals surface area contributed by atoms with Crippen LogP contribution in [0.5, 0.6) is 0 Å². The number of carbonyl (C=O) groups excluding carboxylic acids is 1. The van der Waals surface area contributed by atoms with E-state index in [2.05, 4.69) is 12.2 Å². The number of hydrogen-bond donors (Lipinski definition) is 2. The van der Waals surface area contributed by atoms with Gasteiger partial charge in [-0.25, -0.2) is 0 Å². The van der Waals surface area contributed by atoms with Crippen LogP contribution in [0.2, 0.25) is 0 Å². The van der Waals surface area contributed by atoms with Crippen LogP contribution >= 0.6 is 24.8 Å². The summed E-state index contributed by atoms with van der Waals surface area (Å²) in [6, 6.07) is 9.85. The standard InChI is InChI=1S/C14H21N3O.2ClH/c1-11-10-16-7-8-17(11)14(18)9-13(15)12-5-3-2-4-6-12;;/h2-6,11,13,16H,7-10,15H2,1H3;2*1H. The van der Waals surface area contributed by atoms with Crippen molar-refractivity contribution in [3.05, 3.63) is 35.9 Å². The molecule has 0 spiro atoms. The smallest absolute Gasteiger partial charge is 0.224 e. The van der Waals surface area contributed by atoms with Crippen molar-refractivity contribution < 1.29 is 4.79 Å². The molecule has 1 aromatic carbocycles. The molecule has 1 fully saturated rings. The third kappa shape index (κ3) is 4.94. The van der Waals surface area contributed by atoms with Gasteiger partial charge in [0, 0.05) is 38.1 Å². The van der Waals surface area contributed by atoms with Crippen LogP contribution in [0.25, 0.3) is 0 Å². The SMILES string of the molecule is CC1CNCCN1C(=O)CC(N)c1ccccc1.Cl.Cl. The Kier molecular flexibility index (Phi) is 8.81. The van der Waals surface area contributed by atoms with Crippen molar-refractivity contribution in [2.45, 2.75) is 25.4 Å². The van der Waals surface area contributed by atoms with E-state index in [-0.39, 0.29) is 42.8 Å². The summed E-state index contributed by atoms with van der Waals surface area (Å²) in [6.45, 7) is 4.59. The Balaban J connectivity index is 0.00000180. The van der Waals surface area contributed by atoms with Crippen molar-refractivity contribution in [2.75, 3.05) is 19.6 Å². The van der Waals surface area contributed by atoms with Crippen LogP contribution in [0.4, 0.5) is 0 Å². The molecule has 0 bridgehead atoms. The highest BCUT2D eigenvalue weighted by Crippen LogP contribution is 2.16. The molecule has 1 amide bonds. The van der Waals surface area contributed by atoms with E-state index in [1.807, 2.05) is 35.2 Å². The number of carbonyl (C=O) groups is 1. The molecule has 114 valence electrons. The molecule has 20 heavy (non-hydrogen) atoms. The van der Waals surface area contributed by atoms with Gasteiger partial charge in [0.05, 0.1) is 0 Å². The average molecular weight is 320 g/mol. The summed E-state index contributed by atoms with van der Waals surface area (Å²) in [5, 5.41) is 3.28. The van der Waals surface area contributed by atoms with Crippen LogP contribution in [0.15, 0.2) is 30.3 Å². The van der Waals surface area contributed by atoms with Gasteiger partial charge in [-0.3, -0.25) is 4.79 Å². The van der Waals surface area contributed by atoms with Crippen molar-refractivity contribution in [3.63, 3.8) is 0 Å². The van der Waals surface area contributed by atoms with Crippen LogP contribution in [-0.4, -0.2) is 36.5 Å². The van der Waals surface area contributed by atoms with Gasteiger partial charge in [-0.05, 0) is 12.5 Å². The van der Waals surface area contributed by atoms with E-state index >= 15 is 0 Å². The monoisotopic (exact) mass is 319 g/mol. The summed E-state index contributed by atoms with van der Waals surface area (Å²) < 4.78 is 0. The fraction of sp³-hybridized carbons (Fsp3) is 0.500. The maximum Gasteiger partial charge on any atom is 0.224 e. The van der Waals surface area contributed by atoms with E-state index < -0.39 is 0 Å². The second kappa shape index (κ2) is 9.19. The zero-order valence-corrected chi connectivity index (χ0v) is 13.3. The quantitative estimate of drug-likeness (QED) is 0.892. The number of hydrogen-bond acceptors (Lipinski definition) is 3. The Morgan fingerprint density at radius 3 is 2.65 bits per heavy atom. The zero-order valence-electron chi connectivity index (χ0n) is 11.6. The maximum atomic E-state index is 12.2. The first-order valence-electron chi connectivity index (χ1n) is 6.49. The van der Waals surface area contributed by atoms with E-state index in [1.54, 1.807) is 0 Å². The molecule has 2 atom stereocenters. The third-order valence-corrected chi connectivity index (χ3v) is 3.44. The summed E-state index contributed by atoms with van der Waals surface area (Å²) in [5.74, 6) is 0.153. The first-order chi connectivity index (χ1) is 8.68. The van der Waals surface area contributed by atoms with Crippen LogP contribution < -0.4 is 11.1 Å². The predicted octanol–water partition coefficient (Wildman–Crippen LogP) is 1.74. The minimum atomic E-state index is -0.208. The van der Waals surface area contributed by atoms with Gasteiger partial charge < -0.3 is 16.0 Å². The lowest BCUT2D eigenvalue weighted by Gasteiger charge is -2.34. The van der Waals surface area contributed by atoms with E-state index in [4.69, 9.17) is 5.73 Å². The second-order valence-corrected chi connectivity index (χ2v) is 4.86. The molecule has 1 aliphatic heterocycles. The molecular formula is C14H23Cl2N3O. The lowest BCUT2D eigenvalue weighted by atomic mass is 10.0. The molecule has 3 N–H and O–H groups in total. The average Bonchev–Trinajstić information content (AvgIpc) is 2.40. The Morgan fingerprint density at radius 1 is 1.40 bits per heavy atom. The number of nitrogens with zero attached hydrogens (tertiary/aromatic N) is 1. The molecule has 0 saturated carbocycles. The molecule has 1 saturated heterocycles. The molecule has 6 heteroatoms. The van der Waals surface area contributed by atoms with Crippen molar-refractivity contribution in [2.24, 2.45) is 5.73 Å². The van der Waals surface area contributed by atoms with E-state index in [1.165, 1.54) is 0 Å². The van der Waals surface area contributed by atoms with Gasteiger partial charge in [-0.1, -0.05) is 30.3 Å². The lowest BCUT2D eigenvalue weighted by molar-refractivity contribution is -0.134. The van der Waals surface area contributed by atoms with Gasteiger partial charge in [0.1, 0.15) is 0 Å². The Hall–Kier alpha value is -0.810. The molecule has 0 aliphatic carbocycles. The van der Waals surface area contributed by atoms with E-state index in [0.717, 1.165) is 25.2 Å². The molecule has 1 aromatic rings. The minimum absolute atomic E-state index is 0. The number of amides is 1. The Morgan fingerprint density at radius 2 is 2.05 bits per heavy atom. The maximum absolute atomic E-state index is 12.2. The topological polar surface area (TPSA) is 58.4 Å². The highest BCUT2D eigenvalue weighted by atomic mass is 35.5. The van der Waals surface area contributed by atoms with Crippen molar-refractivity contribution in [3.8, 4) is 0 Å². The zero-order chi connectivity index (χ0) is 13.0. The summed E-state index contributed by atoms with van der Waals surface area (Å²) in [7, 11) is 0. The number of rotatable bonds is 3. The van der Waals surface area contributed by atoms with Crippen molar-refractivity contribution in [1.29, 1.82) is 0 Å². The number of nitrogens with one attached hydrogen (secondary N) is 1. The number of nitrogens with two attached hydrogens (primary N) is 1. The van der Waals surface area contributed by atoms with E-state index in [0.29, 0.717) is 6.42 Å². The lowest BCUT2D eigenvalue weighted by Crippen LogP contribution is -2.52. The molecule has 1 heterocycles. The Labute approximate surface area is 132 Å². The second-order valence-electron chi connectivity index (χ2n) is 4.86. The Bertz CT molecular complexity index is 403. The summed E-state index contributed by atoms with van der Waals surface area (Å²) in [6.07, 6.45) is 0.383. The van der Waals surface area contributed by atoms with Gasteiger partial charge in [0.2, 0.25) is 5.91 Å². The van der Waals surface area contributed by atoms with Gasteiger partial charge in [-0.15, -0.1) is 24.8 Å². The third-order valence-electron chi connectivity index (χ3n) is 3.44. The highest BCUT2D eigenvalue weighted by molar-refractivity contribution is 5.85. The number of piperazine rings is 1. The molecular weight excluding hydrogens is 297 g/mol. The van der Waals surface area contributed by atoms with Gasteiger partial charge >= 0.3 is 0 Å². The summed E-state index contributed by atoms with van der Waals surface area (Å²) in [4.78, 5) is 14.1. The first kappa shape index (κ1) is 19.2. The normalized spacial score (nSPS) is 19.5. The van der Waals surface area contributed by atoms with Gasteiger partial charge in [0.25, 0.3) is 0 Å². The molecule has 4 nitrogen and oxygen atoms in total. The largest absolute Gasteiger partial charge is 0.337 e. The van der Waals surface area contributed by atoms with Crippen molar-refractivity contribution >= 4 is 30.7 Å².